The van der Waals surface area contributed by atoms with Crippen LogP contribution in [0.3, 0.4) is 0 Å². The minimum absolute atomic E-state index is 0.334. The van der Waals surface area contributed by atoms with E-state index in [0.29, 0.717) is 37.0 Å². The third-order valence-electron chi connectivity index (χ3n) is 4.11. The van der Waals surface area contributed by atoms with E-state index in [2.05, 4.69) is 9.97 Å². The van der Waals surface area contributed by atoms with Crippen molar-refractivity contribution in [1.29, 1.82) is 0 Å². The van der Waals surface area contributed by atoms with Crippen LogP contribution in [0.2, 0.25) is 0 Å². The number of sulfonamides is 1. The number of morpholine rings is 1. The Morgan fingerprint density at radius 1 is 1.19 bits per heavy atom. The fourth-order valence-electron chi connectivity index (χ4n) is 2.77. The highest BCUT2D eigenvalue weighted by atomic mass is 32.2. The van der Waals surface area contributed by atoms with Gasteiger partial charge in [-0.05, 0) is 29.1 Å². The Bertz CT molecular complexity index is 1010. The van der Waals surface area contributed by atoms with Crippen LogP contribution < -0.4 is 0 Å². The molecule has 1 fully saturated rings. The summed E-state index contributed by atoms with van der Waals surface area (Å²) in [6, 6.07) is 9.16. The van der Waals surface area contributed by atoms with E-state index in [1.54, 1.807) is 47.6 Å². The summed E-state index contributed by atoms with van der Waals surface area (Å²) in [6.07, 6.45) is 1.57. The van der Waals surface area contributed by atoms with Crippen LogP contribution >= 0.6 is 23.1 Å². The summed E-state index contributed by atoms with van der Waals surface area (Å²) < 4.78 is 32.3. The first-order valence-electron chi connectivity index (χ1n) is 8.12. The van der Waals surface area contributed by atoms with Gasteiger partial charge in [-0.15, -0.1) is 23.1 Å². The molecule has 0 atom stereocenters. The minimum atomic E-state index is -3.47. The third-order valence-corrected chi connectivity index (χ3v) is 7.90. The van der Waals surface area contributed by atoms with Crippen LogP contribution in [-0.4, -0.2) is 49.0 Å². The number of thioether (sulfide) groups is 1. The molecule has 2 aromatic heterocycles. The molecule has 4 rings (SSSR count). The summed E-state index contributed by atoms with van der Waals surface area (Å²) in [5, 5.41) is 3.95. The average molecular weight is 408 g/mol. The smallest absolute Gasteiger partial charge is 0.243 e. The van der Waals surface area contributed by atoms with E-state index in [9.17, 15) is 8.42 Å². The van der Waals surface area contributed by atoms with E-state index in [1.165, 1.54) is 4.31 Å². The molecule has 0 aliphatic carbocycles. The van der Waals surface area contributed by atoms with Crippen molar-refractivity contribution in [2.75, 3.05) is 26.3 Å². The summed E-state index contributed by atoms with van der Waals surface area (Å²) >= 11 is 3.17. The molecule has 0 radical (unpaired) electrons. The van der Waals surface area contributed by atoms with Gasteiger partial charge in [-0.1, -0.05) is 12.1 Å². The van der Waals surface area contributed by atoms with Crippen molar-refractivity contribution in [3.05, 3.63) is 47.6 Å². The van der Waals surface area contributed by atoms with Crippen LogP contribution in [0.1, 0.15) is 5.56 Å². The molecule has 3 heterocycles. The molecule has 0 spiro atoms. The largest absolute Gasteiger partial charge is 0.379 e. The number of ether oxygens (including phenoxy) is 1. The number of hydrogen-bond donors (Lipinski definition) is 0. The summed E-state index contributed by atoms with van der Waals surface area (Å²) in [7, 11) is -3.47. The van der Waals surface area contributed by atoms with E-state index in [4.69, 9.17) is 4.74 Å². The van der Waals surface area contributed by atoms with E-state index in [-0.39, 0.29) is 0 Å². The maximum Gasteiger partial charge on any atom is 0.243 e. The molecular weight excluding hydrogens is 390 g/mol. The molecule has 0 unspecified atom stereocenters. The first-order valence-corrected chi connectivity index (χ1v) is 11.4. The predicted octanol–water partition coefficient (Wildman–Crippen LogP) is 3.00. The SMILES string of the molecule is O=S(=O)(c1cccc(CSc2ncnc3sccc23)c1)N1CCOCC1. The lowest BCUT2D eigenvalue weighted by atomic mass is 10.2. The van der Waals surface area contributed by atoms with Gasteiger partial charge in [0.1, 0.15) is 16.2 Å². The second-order valence-corrected chi connectivity index (χ2v) is 9.57. The van der Waals surface area contributed by atoms with Crippen LogP contribution in [0, 0.1) is 0 Å². The van der Waals surface area contributed by atoms with Gasteiger partial charge in [0, 0.05) is 24.2 Å². The molecule has 0 bridgehead atoms. The maximum absolute atomic E-state index is 12.8. The van der Waals surface area contributed by atoms with Gasteiger partial charge in [-0.25, -0.2) is 18.4 Å². The van der Waals surface area contributed by atoms with Gasteiger partial charge in [0.05, 0.1) is 18.1 Å². The molecular formula is C17H17N3O3S3. The van der Waals surface area contributed by atoms with Gasteiger partial charge in [0.2, 0.25) is 10.0 Å². The highest BCUT2D eigenvalue weighted by Gasteiger charge is 2.26. The van der Waals surface area contributed by atoms with Crippen molar-refractivity contribution in [2.24, 2.45) is 0 Å². The minimum Gasteiger partial charge on any atom is -0.379 e. The third kappa shape index (κ3) is 3.63. The molecule has 6 nitrogen and oxygen atoms in total. The monoisotopic (exact) mass is 407 g/mol. The van der Waals surface area contributed by atoms with Crippen LogP contribution in [0.5, 0.6) is 0 Å². The average Bonchev–Trinajstić information content (AvgIpc) is 3.17. The zero-order valence-corrected chi connectivity index (χ0v) is 16.3. The number of nitrogens with zero attached hydrogens (tertiary/aromatic N) is 3. The normalized spacial score (nSPS) is 16.2. The number of fused-ring (bicyclic) bond motifs is 1. The maximum atomic E-state index is 12.8. The van der Waals surface area contributed by atoms with Gasteiger partial charge in [-0.2, -0.15) is 4.31 Å². The molecule has 1 aliphatic rings. The van der Waals surface area contributed by atoms with Crippen LogP contribution in [0.15, 0.2) is 52.0 Å². The van der Waals surface area contributed by atoms with Crippen LogP contribution in [0.4, 0.5) is 0 Å². The summed E-state index contributed by atoms with van der Waals surface area (Å²) in [6.45, 7) is 1.69. The van der Waals surface area contributed by atoms with Crippen molar-refractivity contribution in [3.63, 3.8) is 0 Å². The Morgan fingerprint density at radius 3 is 2.88 bits per heavy atom. The lowest BCUT2D eigenvalue weighted by Gasteiger charge is -2.26. The van der Waals surface area contributed by atoms with E-state index < -0.39 is 10.0 Å². The molecule has 26 heavy (non-hydrogen) atoms. The van der Waals surface area contributed by atoms with Crippen molar-refractivity contribution in [1.82, 2.24) is 14.3 Å². The van der Waals surface area contributed by atoms with Gasteiger partial charge in [-0.3, -0.25) is 0 Å². The highest BCUT2D eigenvalue weighted by molar-refractivity contribution is 7.98. The number of aromatic nitrogens is 2. The number of benzene rings is 1. The van der Waals surface area contributed by atoms with E-state index in [0.717, 1.165) is 20.8 Å². The lowest BCUT2D eigenvalue weighted by molar-refractivity contribution is 0.0730. The van der Waals surface area contributed by atoms with Crippen molar-refractivity contribution < 1.29 is 13.2 Å². The fourth-order valence-corrected chi connectivity index (χ4v) is 5.97. The Labute approximate surface area is 160 Å². The van der Waals surface area contributed by atoms with Crippen LogP contribution in [-0.2, 0) is 20.5 Å². The zero-order chi connectivity index (χ0) is 18.0. The molecule has 9 heteroatoms. The second-order valence-electron chi connectivity index (χ2n) is 5.77. The first kappa shape index (κ1) is 17.9. The Morgan fingerprint density at radius 2 is 2.04 bits per heavy atom. The summed E-state index contributed by atoms with van der Waals surface area (Å²) in [4.78, 5) is 9.91. The van der Waals surface area contributed by atoms with Crippen molar-refractivity contribution in [3.8, 4) is 0 Å². The molecule has 1 saturated heterocycles. The molecule has 136 valence electrons. The zero-order valence-electron chi connectivity index (χ0n) is 13.9. The fraction of sp³-hybridized carbons (Fsp3) is 0.294. The summed E-state index contributed by atoms with van der Waals surface area (Å²) in [5.74, 6) is 0.647. The number of thiophene rings is 1. The molecule has 1 aromatic carbocycles. The van der Waals surface area contributed by atoms with E-state index in [1.807, 2.05) is 17.5 Å². The number of hydrogen-bond acceptors (Lipinski definition) is 7. The second kappa shape index (κ2) is 7.61. The lowest BCUT2D eigenvalue weighted by Crippen LogP contribution is -2.40. The topological polar surface area (TPSA) is 72.4 Å². The first-order chi connectivity index (χ1) is 12.6. The number of rotatable bonds is 5. The molecule has 0 N–H and O–H groups in total. The highest BCUT2D eigenvalue weighted by Crippen LogP contribution is 2.30. The Hall–Kier alpha value is -1.52. The summed E-state index contributed by atoms with van der Waals surface area (Å²) in [5.41, 5.74) is 0.950. The molecule has 3 aromatic rings. The van der Waals surface area contributed by atoms with Gasteiger partial charge < -0.3 is 4.74 Å². The van der Waals surface area contributed by atoms with E-state index >= 15 is 0 Å². The Balaban J connectivity index is 1.53. The standard InChI is InChI=1S/C17H17N3O3S3/c21-26(22,20-5-7-23-8-6-20)14-3-1-2-13(10-14)11-25-17-15-4-9-24-16(15)18-12-19-17/h1-4,9-10,12H,5-8,11H2. The van der Waals surface area contributed by atoms with Crippen LogP contribution in [0.25, 0.3) is 10.2 Å². The van der Waals surface area contributed by atoms with Gasteiger partial charge in [0.15, 0.2) is 0 Å². The predicted molar refractivity (Wildman–Crippen MR) is 103 cm³/mol. The molecule has 0 saturated carbocycles. The molecule has 1 aliphatic heterocycles. The van der Waals surface area contributed by atoms with Crippen molar-refractivity contribution >= 4 is 43.3 Å². The van der Waals surface area contributed by atoms with Crippen molar-refractivity contribution in [2.45, 2.75) is 15.7 Å². The Kier molecular flexibility index (Phi) is 5.23. The van der Waals surface area contributed by atoms with Gasteiger partial charge in [0.25, 0.3) is 0 Å². The van der Waals surface area contributed by atoms with Gasteiger partial charge >= 0.3 is 0 Å². The molecule has 0 amide bonds. The quantitative estimate of drug-likeness (QED) is 0.478.